The summed E-state index contributed by atoms with van der Waals surface area (Å²) >= 11 is 0. The van der Waals surface area contributed by atoms with Gasteiger partial charge in [-0.1, -0.05) is 62.4 Å². The number of ether oxygens (including phenoxy) is 4. The van der Waals surface area contributed by atoms with E-state index in [4.69, 9.17) is 25.4 Å². The van der Waals surface area contributed by atoms with Crippen LogP contribution in [0.4, 0.5) is 0 Å². The lowest BCUT2D eigenvalue weighted by Gasteiger charge is -2.37. The second-order valence-electron chi connectivity index (χ2n) is 12.1. The van der Waals surface area contributed by atoms with Gasteiger partial charge in [-0.3, -0.25) is 0 Å². The Morgan fingerprint density at radius 1 is 0.951 bits per heavy atom. The third-order valence-electron chi connectivity index (χ3n) is 8.59. The highest BCUT2D eigenvalue weighted by Gasteiger charge is 2.33. The van der Waals surface area contributed by atoms with Gasteiger partial charge in [0.1, 0.15) is 6.29 Å². The minimum absolute atomic E-state index is 0.0130. The highest BCUT2D eigenvalue weighted by molar-refractivity contribution is 5.50. The van der Waals surface area contributed by atoms with Gasteiger partial charge in [0.15, 0.2) is 0 Å². The summed E-state index contributed by atoms with van der Waals surface area (Å²) in [6, 6.07) is 10.2. The summed E-state index contributed by atoms with van der Waals surface area (Å²) in [5, 5.41) is 10.6. The molecule has 0 aliphatic carbocycles. The maximum absolute atomic E-state index is 11.3. The Morgan fingerprint density at radius 2 is 1.61 bits per heavy atom. The molecule has 2 fully saturated rings. The van der Waals surface area contributed by atoms with Crippen LogP contribution in [-0.2, 0) is 30.3 Å². The summed E-state index contributed by atoms with van der Waals surface area (Å²) in [6.07, 6.45) is 22.3. The van der Waals surface area contributed by atoms with Crippen molar-refractivity contribution < 1.29 is 28.8 Å². The zero-order chi connectivity index (χ0) is 29.1. The van der Waals surface area contributed by atoms with Gasteiger partial charge in [-0.15, -0.1) is 12.3 Å². The zero-order valence-electron chi connectivity index (χ0n) is 25.3. The predicted octanol–water partition coefficient (Wildman–Crippen LogP) is 6.95. The van der Waals surface area contributed by atoms with Crippen LogP contribution in [0, 0.1) is 12.3 Å². The van der Waals surface area contributed by atoms with Gasteiger partial charge >= 0.3 is 0 Å². The Morgan fingerprint density at radius 3 is 2.34 bits per heavy atom. The first-order chi connectivity index (χ1) is 20.1. The molecule has 6 nitrogen and oxygen atoms in total. The van der Waals surface area contributed by atoms with Crippen molar-refractivity contribution in [1.29, 1.82) is 0 Å². The Hall–Kier alpha value is -1.75. The fourth-order valence-electron chi connectivity index (χ4n) is 6.34. The summed E-state index contributed by atoms with van der Waals surface area (Å²) in [4.78, 5) is 11.3. The number of hydrogen-bond acceptors (Lipinski definition) is 6. The van der Waals surface area contributed by atoms with Crippen LogP contribution in [0.3, 0.4) is 0 Å². The van der Waals surface area contributed by atoms with E-state index in [1.54, 1.807) is 7.11 Å². The molecule has 0 radical (unpaired) electrons. The minimum Gasteiger partial charge on any atom is -0.393 e. The molecule has 1 N–H and O–H groups in total. The van der Waals surface area contributed by atoms with Crippen LogP contribution in [0.2, 0.25) is 0 Å². The van der Waals surface area contributed by atoms with Gasteiger partial charge in [0.2, 0.25) is 0 Å². The van der Waals surface area contributed by atoms with E-state index in [1.165, 1.54) is 25.7 Å². The van der Waals surface area contributed by atoms with Crippen LogP contribution in [0.5, 0.6) is 0 Å². The van der Waals surface area contributed by atoms with Crippen LogP contribution in [-0.4, -0.2) is 61.2 Å². The monoisotopic (exact) mass is 570 g/mol. The van der Waals surface area contributed by atoms with Crippen LogP contribution in [0.25, 0.3) is 0 Å². The largest absolute Gasteiger partial charge is 0.393 e. The van der Waals surface area contributed by atoms with Gasteiger partial charge in [-0.05, 0) is 63.4 Å². The number of carbonyl (C=O) groups excluding carboxylic acids is 1. The van der Waals surface area contributed by atoms with E-state index < -0.39 is 0 Å². The number of hydrogen-bond donors (Lipinski definition) is 1. The van der Waals surface area contributed by atoms with Gasteiger partial charge < -0.3 is 28.8 Å². The minimum atomic E-state index is -0.295. The van der Waals surface area contributed by atoms with Crippen molar-refractivity contribution in [3.05, 3.63) is 35.9 Å². The molecule has 6 heteroatoms. The highest BCUT2D eigenvalue weighted by atomic mass is 16.5. The van der Waals surface area contributed by atoms with Crippen LogP contribution >= 0.6 is 0 Å². The molecule has 1 aromatic rings. The maximum atomic E-state index is 11.3. The lowest BCUT2D eigenvalue weighted by atomic mass is 9.92. The Bertz CT molecular complexity index is 854. The van der Waals surface area contributed by atoms with E-state index in [2.05, 4.69) is 18.1 Å². The molecule has 41 heavy (non-hydrogen) atoms. The average Bonchev–Trinajstić information content (AvgIpc) is 2.98. The van der Waals surface area contributed by atoms with Crippen molar-refractivity contribution in [2.24, 2.45) is 0 Å². The van der Waals surface area contributed by atoms with E-state index in [1.807, 2.05) is 18.2 Å². The molecule has 2 aliphatic rings. The molecule has 0 saturated carbocycles. The van der Waals surface area contributed by atoms with E-state index in [0.717, 1.165) is 88.9 Å². The topological polar surface area (TPSA) is 74.2 Å². The number of rotatable bonds is 20. The molecule has 230 valence electrons. The van der Waals surface area contributed by atoms with E-state index in [9.17, 15) is 9.90 Å². The Labute approximate surface area is 248 Å². The molecule has 2 heterocycles. The summed E-state index contributed by atoms with van der Waals surface area (Å²) in [6.45, 7) is 0.566. The van der Waals surface area contributed by atoms with Crippen LogP contribution in [0.1, 0.15) is 115 Å². The lowest BCUT2D eigenvalue weighted by Crippen LogP contribution is -2.40. The van der Waals surface area contributed by atoms with Gasteiger partial charge in [0.05, 0.1) is 49.3 Å². The lowest BCUT2D eigenvalue weighted by molar-refractivity contribution is -0.141. The third kappa shape index (κ3) is 13.8. The van der Waals surface area contributed by atoms with Crippen molar-refractivity contribution in [3.8, 4) is 12.3 Å². The van der Waals surface area contributed by atoms with Crippen molar-refractivity contribution in [2.45, 2.75) is 158 Å². The molecule has 0 bridgehead atoms. The van der Waals surface area contributed by atoms with E-state index in [-0.39, 0.29) is 42.7 Å². The predicted molar refractivity (Wildman–Crippen MR) is 163 cm³/mol. The summed E-state index contributed by atoms with van der Waals surface area (Å²) < 4.78 is 24.9. The number of methoxy groups -OCH3 is 1. The number of aliphatic hydroxyl groups is 1. The number of terminal acetylenes is 1. The molecule has 0 amide bonds. The van der Waals surface area contributed by atoms with Crippen molar-refractivity contribution >= 4 is 6.29 Å². The second kappa shape index (κ2) is 20.2. The second-order valence-corrected chi connectivity index (χ2v) is 12.1. The van der Waals surface area contributed by atoms with Gasteiger partial charge in [0, 0.05) is 26.4 Å². The molecule has 2 saturated heterocycles. The Kier molecular flexibility index (Phi) is 16.6. The maximum Gasteiger partial charge on any atom is 0.122 e. The third-order valence-corrected chi connectivity index (χ3v) is 8.59. The molecule has 3 rings (SSSR count). The van der Waals surface area contributed by atoms with Crippen molar-refractivity contribution in [3.63, 3.8) is 0 Å². The number of carbonyl (C=O) groups is 1. The van der Waals surface area contributed by atoms with Gasteiger partial charge in [0.25, 0.3) is 0 Å². The smallest absolute Gasteiger partial charge is 0.122 e. The van der Waals surface area contributed by atoms with Crippen molar-refractivity contribution in [2.75, 3.05) is 7.11 Å². The molecule has 2 aliphatic heterocycles. The molecular formula is C35H54O6. The standard InChI is InChI=1S/C35H54O6/c1-3-4-5-6-7-8-9-13-17-29(37)22-30-18-14-19-31(40-30)23-33(38-2)25-35-26-34(24-32(41-35)20-21-36)39-27-28-15-11-10-12-16-28/h1,10-12,15-16,21,29-35,37H,4-9,13-14,17-20,22-27H2,2H3/t29-,30+,31?,32-,33-,34-,35?/m1/s1. The molecule has 1 aromatic carbocycles. The summed E-state index contributed by atoms with van der Waals surface area (Å²) in [5.74, 6) is 2.70. The van der Waals surface area contributed by atoms with E-state index in [0.29, 0.717) is 13.0 Å². The average molecular weight is 571 g/mol. The SMILES string of the molecule is C#CCCCCCCCC[C@@H](O)C[C@@H]1CCCC(C[C@H](CC2C[C@H](OCc3ccccc3)C[C@@H](CC=O)O2)OC)O1. The fourth-order valence-corrected chi connectivity index (χ4v) is 6.34. The first-order valence-electron chi connectivity index (χ1n) is 16.1. The van der Waals surface area contributed by atoms with E-state index >= 15 is 0 Å². The van der Waals surface area contributed by atoms with Crippen LogP contribution in [0.15, 0.2) is 30.3 Å². The molecule has 0 spiro atoms. The fraction of sp³-hybridized carbons (Fsp3) is 0.743. The zero-order valence-corrected chi connectivity index (χ0v) is 25.3. The molecular weight excluding hydrogens is 516 g/mol. The quantitative estimate of drug-likeness (QED) is 0.104. The van der Waals surface area contributed by atoms with Gasteiger partial charge in [-0.25, -0.2) is 0 Å². The molecule has 2 unspecified atom stereocenters. The van der Waals surface area contributed by atoms with Gasteiger partial charge in [-0.2, -0.15) is 0 Å². The first kappa shape index (κ1) is 33.7. The number of aliphatic hydroxyl groups excluding tert-OH is 1. The molecule has 0 aromatic heterocycles. The Balaban J connectivity index is 1.38. The summed E-state index contributed by atoms with van der Waals surface area (Å²) in [7, 11) is 1.76. The normalized spacial score (nSPS) is 26.2. The number of aldehydes is 1. The highest BCUT2D eigenvalue weighted by Crippen LogP contribution is 2.31. The van der Waals surface area contributed by atoms with Crippen molar-refractivity contribution in [1.82, 2.24) is 0 Å². The van der Waals surface area contributed by atoms with Crippen LogP contribution < -0.4 is 0 Å². The number of unbranched alkanes of at least 4 members (excludes halogenated alkanes) is 6. The first-order valence-corrected chi connectivity index (χ1v) is 16.1. The summed E-state index contributed by atoms with van der Waals surface area (Å²) in [5.41, 5.74) is 1.15. The molecule has 7 atom stereocenters. The number of benzene rings is 1.